The van der Waals surface area contributed by atoms with Crippen LogP contribution in [0.5, 0.6) is 0 Å². The van der Waals surface area contributed by atoms with Gasteiger partial charge in [-0.05, 0) is 0 Å². The quantitative estimate of drug-likeness (QED) is 0.0966. The van der Waals surface area contributed by atoms with Crippen LogP contribution in [0.15, 0.2) is 0 Å². The van der Waals surface area contributed by atoms with E-state index in [4.69, 9.17) is 75.8 Å². The Kier molecular flexibility index (Phi) is 24.1. The monoisotopic (exact) mass is 1300 g/mol. The van der Waals surface area contributed by atoms with E-state index in [-0.39, 0.29) is 0 Å². The van der Waals surface area contributed by atoms with Gasteiger partial charge in [0.25, 0.3) is 0 Å². The largest absolute Gasteiger partial charge is 0.394 e. The zero-order chi connectivity index (χ0) is 64.1. The Bertz CT molecular complexity index is 2130. The van der Waals surface area contributed by atoms with Crippen molar-refractivity contribution in [2.45, 2.75) is 246 Å². The van der Waals surface area contributed by atoms with E-state index in [1.54, 1.807) is 0 Å². The van der Waals surface area contributed by atoms with Gasteiger partial charge in [0.1, 0.15) is 195 Å². The average Bonchev–Trinajstić information content (AvgIpc) is 2.18. The van der Waals surface area contributed by atoms with E-state index in [1.165, 1.54) is 0 Å². The SMILES string of the molecule is OC[C@H]1O[C@@H](OC[C@H]2O[C@@H]3O[C@H]4[C@H](O)[C@@H](O)[C@@H](O[C@H]5[C@H](O)[C@@H](O)[C@@H](O[C@H]6[C@H](O)[C@@H](O)[C@@H](O[C@H]7[C@H](O)[C@@H](O)[C@@H](O[C@H]8[C@H](O)[C@@H](O)[C@@H](O[C@H]9[C@H](O)[C@@H](O)[C@@H](O[C@H]2[C@H](O)[C@H]3O)O[C@@H]9CO)O[C@@H]8CO)O[C@@H]7CO)O[C@@H]6CO)O[C@@H]5CO)O[C@@H]4CO)[C@H](O)[C@@H](O)[C@@H]1O. The molecule has 0 spiro atoms. The summed E-state index contributed by atoms with van der Waals surface area (Å²) in [6.07, 6.45) is -82.6. The van der Waals surface area contributed by atoms with Crippen molar-refractivity contribution in [3.63, 3.8) is 0 Å². The van der Waals surface area contributed by atoms with Crippen molar-refractivity contribution in [3.8, 4) is 0 Å². The van der Waals surface area contributed by atoms with Crippen LogP contribution in [-0.2, 0) is 75.8 Å². The van der Waals surface area contributed by atoms with Crippen LogP contribution < -0.4 is 0 Å². The Morgan fingerprint density at radius 1 is 0.182 bits per heavy atom. The Morgan fingerprint density at radius 2 is 0.375 bits per heavy atom. The predicted molar refractivity (Wildman–Crippen MR) is 261 cm³/mol. The summed E-state index contributed by atoms with van der Waals surface area (Å²) >= 11 is 0. The second-order valence-corrected chi connectivity index (χ2v) is 22.5. The number of aliphatic hydroxyl groups excluding tert-OH is 24. The van der Waals surface area contributed by atoms with Crippen LogP contribution in [0.1, 0.15) is 0 Å². The van der Waals surface area contributed by atoms with Crippen LogP contribution in [0.25, 0.3) is 0 Å². The van der Waals surface area contributed by atoms with Gasteiger partial charge in [-0.2, -0.15) is 0 Å². The van der Waals surface area contributed by atoms with Crippen molar-refractivity contribution in [2.24, 2.45) is 0 Å². The van der Waals surface area contributed by atoms with Gasteiger partial charge in [-0.15, -0.1) is 0 Å². The third-order valence-electron chi connectivity index (χ3n) is 16.9. The molecule has 40 heteroatoms. The molecule has 22 rings (SSSR count). The molecule has 22 heterocycles. The normalized spacial score (nSPS) is 55.2. The first-order valence-electron chi connectivity index (χ1n) is 28.1. The highest BCUT2D eigenvalue weighted by molar-refractivity contribution is 5.02. The average molecular weight is 1300 g/mol. The zero-order valence-electron chi connectivity index (χ0n) is 46.0. The lowest BCUT2D eigenvalue weighted by Gasteiger charge is -2.50. The molecule has 14 bridgehead atoms. The van der Waals surface area contributed by atoms with Gasteiger partial charge < -0.3 is 198 Å². The molecule has 0 aromatic rings. The fourth-order valence-electron chi connectivity index (χ4n) is 11.8. The topological polar surface area (TPSA) is 633 Å². The van der Waals surface area contributed by atoms with E-state index >= 15 is 0 Å². The second kappa shape index (κ2) is 30.0. The molecule has 22 aliphatic heterocycles. The lowest BCUT2D eigenvalue weighted by atomic mass is 9.95. The molecule has 40 atom stereocenters. The third kappa shape index (κ3) is 13.9. The third-order valence-corrected chi connectivity index (χ3v) is 16.9. The first-order chi connectivity index (χ1) is 41.9. The van der Waals surface area contributed by atoms with Crippen LogP contribution in [-0.4, -0.2) is 421 Å². The molecule has 22 fully saturated rings. The molecule has 88 heavy (non-hydrogen) atoms. The number of aliphatic hydroxyl groups is 24. The van der Waals surface area contributed by atoms with E-state index in [9.17, 15) is 123 Å². The standard InChI is InChI=1S/C48H80O40/c49-1-9-17(56)18(57)26(65)41(74-9)73-8-16-40-25(64)33(72)48(81-16)87-39-15(7-55)79-46(31(70)23(39)62)85-37-13(5-53)77-44(29(68)21(37)60)83-35-11(3-51)75-42(27(66)19(35)58)82-34-10(2-50)76-43(28(67)20(34)59)84-36-12(4-52)78-45(30(69)22(36)61)86-38-14(6-54)80-47(88-40)32(71)24(38)63/h9-72H,1-8H2/t9-,10-,11-,12-,13-,14-,15-,16-,17-,18+,19-,20-,21-,22-,23-,24-,25-,26-,27-,28-,29-,30-,31-,32-,33-,34-,35-,36-,37-,38-,39-,40-,41-,42-,43-,44-,45-,46-,47-,48-/m1/s1. The van der Waals surface area contributed by atoms with Crippen LogP contribution in [0.4, 0.5) is 0 Å². The lowest BCUT2D eigenvalue weighted by Crippen LogP contribution is -2.68. The van der Waals surface area contributed by atoms with E-state index in [0.717, 1.165) is 0 Å². The predicted octanol–water partition coefficient (Wildman–Crippen LogP) is -17.4. The minimum Gasteiger partial charge on any atom is -0.394 e. The molecule has 40 nitrogen and oxygen atoms in total. The summed E-state index contributed by atoms with van der Waals surface area (Å²) in [4.78, 5) is 0. The maximum absolute atomic E-state index is 11.8. The summed E-state index contributed by atoms with van der Waals surface area (Å²) in [7, 11) is 0. The number of hydrogen-bond donors (Lipinski definition) is 24. The fraction of sp³-hybridized carbons (Fsp3) is 1.00. The molecular formula is C48H80O40. The highest BCUT2D eigenvalue weighted by Gasteiger charge is 2.60. The van der Waals surface area contributed by atoms with Crippen LogP contribution >= 0.6 is 0 Å². The summed E-state index contributed by atoms with van der Waals surface area (Å²) in [5.74, 6) is 0. The van der Waals surface area contributed by atoms with Crippen molar-refractivity contribution in [1.29, 1.82) is 0 Å². The minimum absolute atomic E-state index is 0.919. The summed E-state index contributed by atoms with van der Waals surface area (Å²) in [5.41, 5.74) is 0. The summed E-state index contributed by atoms with van der Waals surface area (Å²) in [5, 5.41) is 265. The molecule has 0 aromatic carbocycles. The summed E-state index contributed by atoms with van der Waals surface area (Å²) in [6.45, 7) is -8.51. The maximum atomic E-state index is 11.8. The van der Waals surface area contributed by atoms with E-state index < -0.39 is 299 Å². The van der Waals surface area contributed by atoms with Gasteiger partial charge in [-0.25, -0.2) is 0 Å². The van der Waals surface area contributed by atoms with Gasteiger partial charge in [0.05, 0.1) is 52.9 Å². The molecule has 0 unspecified atom stereocenters. The molecule has 0 amide bonds. The van der Waals surface area contributed by atoms with Gasteiger partial charge in [0.2, 0.25) is 0 Å². The minimum atomic E-state index is -2.35. The molecule has 22 aliphatic rings. The molecule has 0 aromatic heterocycles. The van der Waals surface area contributed by atoms with Crippen molar-refractivity contribution < 1.29 is 198 Å². The molecule has 0 saturated carbocycles. The number of rotatable bonds is 10. The first-order valence-corrected chi connectivity index (χ1v) is 28.1. The van der Waals surface area contributed by atoms with Gasteiger partial charge >= 0.3 is 0 Å². The Hall–Kier alpha value is -1.60. The molecule has 24 N–H and O–H groups in total. The first kappa shape index (κ1) is 70.7. The van der Waals surface area contributed by atoms with Crippen molar-refractivity contribution in [1.82, 2.24) is 0 Å². The van der Waals surface area contributed by atoms with E-state index in [1.807, 2.05) is 0 Å². The summed E-state index contributed by atoms with van der Waals surface area (Å²) in [6, 6.07) is 0. The number of hydrogen-bond acceptors (Lipinski definition) is 40. The van der Waals surface area contributed by atoms with Gasteiger partial charge in [0.15, 0.2) is 50.3 Å². The fourth-order valence-corrected chi connectivity index (χ4v) is 11.8. The van der Waals surface area contributed by atoms with Gasteiger partial charge in [0, 0.05) is 0 Å². The summed E-state index contributed by atoms with van der Waals surface area (Å²) < 4.78 is 91.6. The molecule has 0 radical (unpaired) electrons. The van der Waals surface area contributed by atoms with E-state index in [0.29, 0.717) is 0 Å². The number of ether oxygens (including phenoxy) is 16. The van der Waals surface area contributed by atoms with Crippen LogP contribution in [0.3, 0.4) is 0 Å². The highest BCUT2D eigenvalue weighted by Crippen LogP contribution is 2.39. The smallest absolute Gasteiger partial charge is 0.187 e. The van der Waals surface area contributed by atoms with E-state index in [2.05, 4.69) is 0 Å². The van der Waals surface area contributed by atoms with Crippen molar-refractivity contribution in [2.75, 3.05) is 52.9 Å². The van der Waals surface area contributed by atoms with Crippen molar-refractivity contribution in [3.05, 3.63) is 0 Å². The van der Waals surface area contributed by atoms with Crippen molar-refractivity contribution >= 4 is 0 Å². The molecule has 0 aliphatic carbocycles. The second-order valence-electron chi connectivity index (χ2n) is 22.5. The van der Waals surface area contributed by atoms with Crippen LogP contribution in [0, 0.1) is 0 Å². The Labute approximate surface area is 496 Å². The molecule has 22 saturated heterocycles. The highest BCUT2D eigenvalue weighted by atomic mass is 16.8. The molecular weight excluding hydrogens is 1220 g/mol. The lowest BCUT2D eigenvalue weighted by molar-refractivity contribution is -0.399. The zero-order valence-corrected chi connectivity index (χ0v) is 46.0. The van der Waals surface area contributed by atoms with Gasteiger partial charge in [-0.1, -0.05) is 0 Å². The Balaban J connectivity index is 1.02. The van der Waals surface area contributed by atoms with Gasteiger partial charge in [-0.3, -0.25) is 0 Å². The van der Waals surface area contributed by atoms with Crippen LogP contribution in [0.2, 0.25) is 0 Å². The maximum Gasteiger partial charge on any atom is 0.187 e. The Morgan fingerprint density at radius 3 is 0.580 bits per heavy atom. The molecule has 512 valence electrons.